The fourth-order valence-corrected chi connectivity index (χ4v) is 7.92. The van der Waals surface area contributed by atoms with Crippen LogP contribution in [0.1, 0.15) is 0 Å². The molecule has 0 saturated heterocycles. The van der Waals surface area contributed by atoms with E-state index in [-0.39, 0.29) is 0 Å². The summed E-state index contributed by atoms with van der Waals surface area (Å²) in [7, 11) is 0. The minimum absolute atomic E-state index is 0.997. The molecule has 0 spiro atoms. The lowest BCUT2D eigenvalue weighted by Crippen LogP contribution is -1.89. The molecule has 0 radical (unpaired) electrons. The van der Waals surface area contributed by atoms with Crippen LogP contribution in [0.4, 0.5) is 0 Å². The van der Waals surface area contributed by atoms with Gasteiger partial charge in [0.25, 0.3) is 0 Å². The summed E-state index contributed by atoms with van der Waals surface area (Å²) in [4.78, 5) is 17.1. The van der Waals surface area contributed by atoms with E-state index in [0.717, 1.165) is 77.9 Å². The molecule has 0 saturated carbocycles. The summed E-state index contributed by atoms with van der Waals surface area (Å²) >= 11 is 0. The molecule has 7 aromatic carbocycles. The summed E-state index contributed by atoms with van der Waals surface area (Å²) in [5.41, 5.74) is 20.5. The molecule has 0 fully saturated rings. The van der Waals surface area contributed by atoms with Crippen molar-refractivity contribution in [3.8, 4) is 100 Å². The van der Waals surface area contributed by atoms with Gasteiger partial charge in [0.05, 0.1) is 0 Å². The Labute approximate surface area is 350 Å². The average molecular weight is 767 g/mol. The van der Waals surface area contributed by atoms with E-state index < -0.39 is 0 Å². The van der Waals surface area contributed by atoms with E-state index in [1.807, 2.05) is 43.2 Å². The summed E-state index contributed by atoms with van der Waals surface area (Å²) in [6, 6.07) is 67.7. The third-order valence-electron chi connectivity index (χ3n) is 11.0. The summed E-state index contributed by atoms with van der Waals surface area (Å²) in [5.74, 6) is 0. The van der Waals surface area contributed by atoms with E-state index in [1.54, 1.807) is 6.33 Å². The number of pyridine rings is 2. The number of nitrogens with zero attached hydrogens (tertiary/aromatic N) is 4. The molecule has 0 amide bonds. The zero-order valence-corrected chi connectivity index (χ0v) is 32.7. The normalized spacial score (nSPS) is 11.0. The lowest BCUT2D eigenvalue weighted by atomic mass is 9.91. The van der Waals surface area contributed by atoms with E-state index in [0.29, 0.717) is 0 Å². The smallest absolute Gasteiger partial charge is 0.115 e. The third-order valence-corrected chi connectivity index (χ3v) is 11.0. The molecule has 4 heteroatoms. The highest BCUT2D eigenvalue weighted by atomic mass is 14.8. The third kappa shape index (κ3) is 7.78. The lowest BCUT2D eigenvalue weighted by molar-refractivity contribution is 1.17. The highest BCUT2D eigenvalue weighted by Gasteiger charge is 2.12. The van der Waals surface area contributed by atoms with E-state index in [2.05, 4.69) is 202 Å². The molecule has 0 aliphatic carbocycles. The molecule has 10 rings (SSSR count). The van der Waals surface area contributed by atoms with Gasteiger partial charge in [-0.15, -0.1) is 0 Å². The molecule has 0 N–H and O–H groups in total. The van der Waals surface area contributed by atoms with Crippen molar-refractivity contribution in [2.75, 3.05) is 0 Å². The highest BCUT2D eigenvalue weighted by Crippen LogP contribution is 2.37. The molecule has 0 aliphatic heterocycles. The van der Waals surface area contributed by atoms with Crippen LogP contribution in [0.2, 0.25) is 0 Å². The SMILES string of the molecule is c1cncc(-c2cc(-c3cccc(-c4cccc(-c5cccc(-c6ccncc6)c5)c4)c3)cc(-c3cccc(-c4cccc(-c5cccc(-c6cncnc6)c5)c4)c3)c2)c1. The van der Waals surface area contributed by atoms with Crippen molar-refractivity contribution in [3.05, 3.63) is 232 Å². The van der Waals surface area contributed by atoms with Crippen LogP contribution >= 0.6 is 0 Å². The summed E-state index contributed by atoms with van der Waals surface area (Å²) in [5, 5.41) is 0. The average Bonchev–Trinajstić information content (AvgIpc) is 3.35. The van der Waals surface area contributed by atoms with Crippen molar-refractivity contribution in [2.24, 2.45) is 0 Å². The summed E-state index contributed by atoms with van der Waals surface area (Å²) in [6.07, 6.45) is 12.7. The molecule has 282 valence electrons. The number of hydrogen-bond donors (Lipinski definition) is 0. The fraction of sp³-hybridized carbons (Fsp3) is 0. The first-order valence-electron chi connectivity index (χ1n) is 20.0. The maximum absolute atomic E-state index is 4.48. The van der Waals surface area contributed by atoms with Crippen molar-refractivity contribution in [3.63, 3.8) is 0 Å². The van der Waals surface area contributed by atoms with Crippen LogP contribution in [0.25, 0.3) is 100 Å². The predicted octanol–water partition coefficient (Wildman–Crippen LogP) is 14.3. The molecule has 0 atom stereocenters. The monoisotopic (exact) mass is 766 g/mol. The maximum Gasteiger partial charge on any atom is 0.115 e. The number of aromatic nitrogens is 4. The van der Waals surface area contributed by atoms with Crippen molar-refractivity contribution in [1.82, 2.24) is 19.9 Å². The Morgan fingerprint density at radius 1 is 0.183 bits per heavy atom. The van der Waals surface area contributed by atoms with Crippen molar-refractivity contribution in [2.45, 2.75) is 0 Å². The first kappa shape index (κ1) is 36.3. The first-order chi connectivity index (χ1) is 29.7. The molecule has 0 unspecified atom stereocenters. The quantitative estimate of drug-likeness (QED) is 0.147. The van der Waals surface area contributed by atoms with E-state index in [9.17, 15) is 0 Å². The molecule has 0 bridgehead atoms. The van der Waals surface area contributed by atoms with E-state index in [4.69, 9.17) is 0 Å². The summed E-state index contributed by atoms with van der Waals surface area (Å²) in [6.45, 7) is 0. The van der Waals surface area contributed by atoms with Crippen LogP contribution in [0.3, 0.4) is 0 Å². The van der Waals surface area contributed by atoms with Crippen LogP contribution in [0, 0.1) is 0 Å². The second-order valence-corrected chi connectivity index (χ2v) is 14.9. The number of hydrogen-bond acceptors (Lipinski definition) is 4. The zero-order chi connectivity index (χ0) is 40.1. The predicted molar refractivity (Wildman–Crippen MR) is 247 cm³/mol. The second kappa shape index (κ2) is 16.4. The van der Waals surface area contributed by atoms with Gasteiger partial charge in [0.2, 0.25) is 0 Å². The highest BCUT2D eigenvalue weighted by molar-refractivity contribution is 5.85. The van der Waals surface area contributed by atoms with Crippen molar-refractivity contribution >= 4 is 0 Å². The fourth-order valence-electron chi connectivity index (χ4n) is 7.92. The van der Waals surface area contributed by atoms with Crippen LogP contribution in [-0.2, 0) is 0 Å². The van der Waals surface area contributed by atoms with Gasteiger partial charge in [0.1, 0.15) is 6.33 Å². The number of rotatable bonds is 9. The van der Waals surface area contributed by atoms with Gasteiger partial charge in [-0.05, 0) is 162 Å². The molecule has 60 heavy (non-hydrogen) atoms. The molecule has 0 aliphatic rings. The Kier molecular flexibility index (Phi) is 9.92. The van der Waals surface area contributed by atoms with Gasteiger partial charge in [-0.25, -0.2) is 9.97 Å². The molecular formula is C56H38N4. The van der Waals surface area contributed by atoms with Gasteiger partial charge in [0.15, 0.2) is 0 Å². The Hall–Kier alpha value is -8.08. The van der Waals surface area contributed by atoms with Gasteiger partial charge in [0, 0.05) is 48.3 Å². The Bertz CT molecular complexity index is 2900. The minimum atomic E-state index is 0.997. The molecule has 4 nitrogen and oxygen atoms in total. The molecule has 3 heterocycles. The van der Waals surface area contributed by atoms with Gasteiger partial charge in [-0.3, -0.25) is 9.97 Å². The topological polar surface area (TPSA) is 51.6 Å². The second-order valence-electron chi connectivity index (χ2n) is 14.9. The molecular weight excluding hydrogens is 729 g/mol. The largest absolute Gasteiger partial charge is 0.265 e. The first-order valence-corrected chi connectivity index (χ1v) is 20.0. The lowest BCUT2D eigenvalue weighted by Gasteiger charge is -2.14. The maximum atomic E-state index is 4.48. The molecule has 10 aromatic rings. The van der Waals surface area contributed by atoms with Crippen LogP contribution in [0.5, 0.6) is 0 Å². The minimum Gasteiger partial charge on any atom is -0.265 e. The standard InChI is InChI=1S/C56H38N4/c1-8-40(39-21-24-57-25-22-39)26-41(9-1)42-10-2-11-43(27-42)46-14-4-17-49(29-46)53-32-54(34-55(33-53)52-20-7-23-58-35-52)50-18-5-15-47(30-50)44-12-3-13-45(28-44)48-16-6-19-51(31-48)56-36-59-38-60-37-56/h1-38H. The number of benzene rings is 7. The van der Waals surface area contributed by atoms with E-state index in [1.165, 1.54) is 22.3 Å². The van der Waals surface area contributed by atoms with Gasteiger partial charge in [-0.1, -0.05) is 115 Å². The zero-order valence-electron chi connectivity index (χ0n) is 32.7. The van der Waals surface area contributed by atoms with Crippen LogP contribution in [-0.4, -0.2) is 19.9 Å². The summed E-state index contributed by atoms with van der Waals surface area (Å²) < 4.78 is 0. The van der Waals surface area contributed by atoms with Gasteiger partial charge >= 0.3 is 0 Å². The van der Waals surface area contributed by atoms with Gasteiger partial charge < -0.3 is 0 Å². The molecule has 3 aromatic heterocycles. The van der Waals surface area contributed by atoms with Crippen LogP contribution in [0.15, 0.2) is 232 Å². The van der Waals surface area contributed by atoms with E-state index >= 15 is 0 Å². The van der Waals surface area contributed by atoms with Crippen LogP contribution < -0.4 is 0 Å². The Morgan fingerprint density at radius 2 is 0.467 bits per heavy atom. The Balaban J connectivity index is 0.997. The van der Waals surface area contributed by atoms with Crippen molar-refractivity contribution in [1.29, 1.82) is 0 Å². The van der Waals surface area contributed by atoms with Gasteiger partial charge in [-0.2, -0.15) is 0 Å². The van der Waals surface area contributed by atoms with Crippen molar-refractivity contribution < 1.29 is 0 Å². The Morgan fingerprint density at radius 3 is 0.833 bits per heavy atom.